The number of ether oxygens (including phenoxy) is 2. The minimum Gasteiger partial charge on any atom is -0.387 e. The van der Waals surface area contributed by atoms with Gasteiger partial charge < -0.3 is 70.0 Å². The molecule has 2 fully saturated rings. The lowest BCUT2D eigenvalue weighted by Crippen LogP contribution is -2.33. The fraction of sp³-hybridized carbons (Fsp3) is 0.545. The molecule has 55 heavy (non-hydrogen) atoms. The molecule has 29 nitrogen and oxygen atoms in total. The number of hydrogen-bond donors (Lipinski definition) is 10. The van der Waals surface area contributed by atoms with E-state index in [2.05, 4.69) is 43.3 Å². The van der Waals surface area contributed by atoms with E-state index in [9.17, 15) is 58.3 Å². The van der Waals surface area contributed by atoms with Crippen LogP contribution in [0.1, 0.15) is 12.5 Å². The number of rotatable bonds is 16. The molecule has 0 amide bonds. The zero-order valence-corrected chi connectivity index (χ0v) is 30.9. The Labute approximate surface area is 305 Å². The van der Waals surface area contributed by atoms with Crippen LogP contribution in [0.3, 0.4) is 0 Å². The first-order chi connectivity index (χ1) is 25.7. The van der Waals surface area contributed by atoms with Gasteiger partial charge in [0, 0.05) is 0 Å². The first kappa shape index (κ1) is 41.6. The van der Waals surface area contributed by atoms with Crippen LogP contribution in [0.15, 0.2) is 25.3 Å². The number of imidazole rings is 2. The van der Waals surface area contributed by atoms with Crippen molar-refractivity contribution in [2.45, 2.75) is 49.1 Å². The van der Waals surface area contributed by atoms with Crippen LogP contribution in [0.25, 0.3) is 22.3 Å². The molecule has 4 aromatic rings. The number of nitrogens with zero attached hydrogens (tertiary/aromatic N) is 8. The Morgan fingerprint density at radius 3 is 1.36 bits per heavy atom. The summed E-state index contributed by atoms with van der Waals surface area (Å²) >= 11 is 0. The Kier molecular flexibility index (Phi) is 11.9. The maximum absolute atomic E-state index is 12.5. The van der Waals surface area contributed by atoms with Crippen molar-refractivity contribution in [3.8, 4) is 0 Å². The molecule has 6 rings (SSSR count). The van der Waals surface area contributed by atoms with E-state index in [1.807, 2.05) is 0 Å². The van der Waals surface area contributed by atoms with E-state index in [0.717, 1.165) is 12.7 Å². The van der Waals surface area contributed by atoms with Gasteiger partial charge in [-0.25, -0.2) is 39.0 Å². The van der Waals surface area contributed by atoms with Crippen LogP contribution in [0.2, 0.25) is 0 Å². The van der Waals surface area contributed by atoms with Gasteiger partial charge in [-0.1, -0.05) is 0 Å². The van der Waals surface area contributed by atoms with E-state index < -0.39 is 106 Å². The Bertz CT molecular complexity index is 2080. The number of aliphatic hydroxyl groups excluding tert-OH is 4. The molecule has 0 aliphatic carbocycles. The normalized spacial score (nSPS) is 30.3. The third-order valence-corrected chi connectivity index (χ3v) is 12.8. The number of aliphatic hydroxyl groups is 4. The second-order valence-corrected chi connectivity index (χ2v) is 18.3. The van der Waals surface area contributed by atoms with Crippen LogP contribution in [-0.2, 0) is 50.1 Å². The average Bonchev–Trinajstić information content (AvgIpc) is 3.87. The maximum atomic E-state index is 12.5. The Balaban J connectivity index is 0.957. The Morgan fingerprint density at radius 1 is 0.600 bits per heavy atom. The van der Waals surface area contributed by atoms with Gasteiger partial charge in [0.2, 0.25) is 0 Å². The summed E-state index contributed by atoms with van der Waals surface area (Å²) in [5.41, 5.74) is 12.1. The molecule has 12 atom stereocenters. The summed E-state index contributed by atoms with van der Waals surface area (Å²) in [5.74, 6) is 0.0328. The zero-order valence-electron chi connectivity index (χ0n) is 27.3. The van der Waals surface area contributed by atoms with E-state index in [4.69, 9.17) is 30.0 Å². The van der Waals surface area contributed by atoms with Crippen molar-refractivity contribution in [3.63, 3.8) is 0 Å². The van der Waals surface area contributed by atoms with Gasteiger partial charge in [0.15, 0.2) is 48.1 Å². The van der Waals surface area contributed by atoms with Gasteiger partial charge in [-0.05, 0) is 0 Å². The lowest BCUT2D eigenvalue weighted by Gasteiger charge is -2.21. The summed E-state index contributed by atoms with van der Waals surface area (Å²) in [5, 5.41) is 41.9. The van der Waals surface area contributed by atoms with E-state index in [1.54, 1.807) is 0 Å². The summed E-state index contributed by atoms with van der Waals surface area (Å²) in [6, 6.07) is 0. The number of hydrogen-bond acceptors (Lipinski definition) is 23. The number of phosphoric ester groups is 2. The highest BCUT2D eigenvalue weighted by molar-refractivity contribution is 7.62. The Morgan fingerprint density at radius 2 is 0.982 bits per heavy atom. The lowest BCUT2D eigenvalue weighted by atomic mass is 10.1. The van der Waals surface area contributed by atoms with Crippen LogP contribution < -0.4 is 11.5 Å². The van der Waals surface area contributed by atoms with E-state index >= 15 is 0 Å². The molecule has 2 aliphatic rings. The van der Waals surface area contributed by atoms with Gasteiger partial charge >= 0.3 is 30.8 Å². The molecule has 0 radical (unpaired) electrons. The molecule has 0 saturated carbocycles. The van der Waals surface area contributed by atoms with Crippen molar-refractivity contribution in [2.24, 2.45) is 0 Å². The fourth-order valence-corrected chi connectivity index (χ4v) is 9.89. The van der Waals surface area contributed by atoms with Gasteiger partial charge in [-0.15, -0.1) is 0 Å². The first-order valence-electron chi connectivity index (χ1n) is 15.2. The smallest absolute Gasteiger partial charge is 0.387 e. The second kappa shape index (κ2) is 15.8. The van der Waals surface area contributed by atoms with Gasteiger partial charge in [0.05, 0.1) is 25.9 Å². The minimum absolute atomic E-state index is 0.0164. The second-order valence-electron chi connectivity index (χ2n) is 11.7. The highest BCUT2D eigenvalue weighted by atomic mass is 31.3. The number of nitrogen functional groups attached to an aromatic ring is 2. The molecule has 304 valence electrons. The topological polar surface area (TPSA) is 434 Å². The SMILES string of the molecule is Nc1ncnc2c1ncn2[C@@H]1O[C@H](COP(=O)(O)COP(=O)(O)OP(=O)(O)OCP(=O)(O)OC[C@H]2O[C@@H](n3cnc4c(N)ncnc43)[C@H](O)[C@@H]2O)[C@@H](O)[C@H]1O. The van der Waals surface area contributed by atoms with Crippen molar-refractivity contribution in [1.82, 2.24) is 39.0 Å². The average molecular weight is 864 g/mol. The maximum Gasteiger partial charge on any atom is 0.481 e. The number of phosphoric acid groups is 2. The molecule has 2 aliphatic heterocycles. The van der Waals surface area contributed by atoms with Gasteiger partial charge in [-0.3, -0.25) is 27.3 Å². The summed E-state index contributed by atoms with van der Waals surface area (Å²) in [4.78, 5) is 63.5. The summed E-state index contributed by atoms with van der Waals surface area (Å²) in [6.45, 7) is -1.79. The van der Waals surface area contributed by atoms with Crippen LogP contribution in [0.5, 0.6) is 0 Å². The molecular weight excluding hydrogens is 832 g/mol. The quantitative estimate of drug-likeness (QED) is 0.0527. The number of nitrogens with two attached hydrogens (primary N) is 2. The molecule has 0 bridgehead atoms. The molecule has 4 unspecified atom stereocenters. The highest BCUT2D eigenvalue weighted by Gasteiger charge is 2.47. The third kappa shape index (κ3) is 9.27. The van der Waals surface area contributed by atoms with Gasteiger partial charge in [-0.2, -0.15) is 4.31 Å². The predicted octanol–water partition coefficient (Wildman–Crippen LogP) is -2.36. The zero-order chi connectivity index (χ0) is 40.1. The van der Waals surface area contributed by atoms with Crippen molar-refractivity contribution in [2.75, 3.05) is 37.4 Å². The van der Waals surface area contributed by atoms with Crippen molar-refractivity contribution in [3.05, 3.63) is 25.3 Å². The number of anilines is 2. The van der Waals surface area contributed by atoms with Crippen LogP contribution >= 0.6 is 30.8 Å². The summed E-state index contributed by atoms with van der Waals surface area (Å²) < 4.78 is 85.2. The monoisotopic (exact) mass is 864 g/mol. The lowest BCUT2D eigenvalue weighted by molar-refractivity contribution is -0.0489. The molecule has 33 heteroatoms. The highest BCUT2D eigenvalue weighted by Crippen LogP contribution is 2.63. The van der Waals surface area contributed by atoms with Crippen LogP contribution in [0.4, 0.5) is 11.6 Å². The van der Waals surface area contributed by atoms with E-state index in [1.165, 1.54) is 21.8 Å². The third-order valence-electron chi connectivity index (χ3n) is 7.85. The summed E-state index contributed by atoms with van der Waals surface area (Å²) in [6.07, 6.45) is -10.9. The molecule has 6 heterocycles. The number of fused-ring (bicyclic) bond motifs is 2. The molecule has 0 spiro atoms. The van der Waals surface area contributed by atoms with Crippen LogP contribution in [-0.4, -0.2) is 142 Å². The predicted molar refractivity (Wildman–Crippen MR) is 176 cm³/mol. The standard InChI is InChI=1S/C22H32N10O19P4/c23-17-11-19(27-3-25-17)31(5-29-11)21-15(35)13(33)9(49-21)1-45-52(37,38)7-47-54(41,42)51-55(43,44)48-8-53(39,40)46-2-10-14(34)16(36)22(50-10)32-6-30-12-18(24)26-4-28-20(12)32/h3-6,9-10,13-16,21-22,33-36H,1-2,7-8H2,(H,37,38)(H,39,40)(H,41,42)(H,43,44)(H2,23,25,27)(H2,24,26,28)/t9-,10-,13-,14-,15-,16-,21-,22-/m1/s1. The largest absolute Gasteiger partial charge is 0.481 e. The minimum atomic E-state index is -5.75. The fourth-order valence-electron chi connectivity index (χ4n) is 5.23. The van der Waals surface area contributed by atoms with Crippen LogP contribution in [0, 0.1) is 0 Å². The Hall–Kier alpha value is -2.98. The van der Waals surface area contributed by atoms with Gasteiger partial charge in [0.1, 0.15) is 60.3 Å². The molecular formula is C22H32N10O19P4. The van der Waals surface area contributed by atoms with Gasteiger partial charge in [0.25, 0.3) is 0 Å². The van der Waals surface area contributed by atoms with Crippen molar-refractivity contribution in [1.29, 1.82) is 0 Å². The van der Waals surface area contributed by atoms with E-state index in [0.29, 0.717) is 0 Å². The summed E-state index contributed by atoms with van der Waals surface area (Å²) in [7, 11) is -21.6. The first-order valence-corrected chi connectivity index (χ1v) is 21.7. The van der Waals surface area contributed by atoms with E-state index in [-0.39, 0.29) is 34.0 Å². The number of aromatic nitrogens is 8. The van der Waals surface area contributed by atoms with Crippen molar-refractivity contribution >= 4 is 64.8 Å². The molecule has 4 aromatic heterocycles. The molecule has 0 aromatic carbocycles. The molecule has 2 saturated heterocycles. The molecule has 12 N–H and O–H groups in total. The van der Waals surface area contributed by atoms with Crippen molar-refractivity contribution < 1.29 is 90.1 Å².